The van der Waals surface area contributed by atoms with Crippen LogP contribution in [0.15, 0.2) is 70.7 Å². The Bertz CT molecular complexity index is 920. The number of aromatic nitrogens is 1. The average molecular weight is 428 g/mol. The molecule has 0 saturated heterocycles. The third-order valence-electron chi connectivity index (χ3n) is 3.36. The van der Waals surface area contributed by atoms with E-state index in [4.69, 9.17) is 0 Å². The molecule has 5 nitrogen and oxygen atoms in total. The van der Waals surface area contributed by atoms with Crippen molar-refractivity contribution < 1.29 is 9.59 Å². The Morgan fingerprint density at radius 2 is 1.73 bits per heavy atom. The molecule has 3 rings (SSSR count). The fourth-order valence-electron chi connectivity index (χ4n) is 2.09. The quantitative estimate of drug-likeness (QED) is 0.573. The zero-order chi connectivity index (χ0) is 18.4. The molecule has 0 aliphatic rings. The van der Waals surface area contributed by atoms with Crippen LogP contribution in [0.3, 0.4) is 0 Å². The molecule has 26 heavy (non-hydrogen) atoms. The first-order chi connectivity index (χ1) is 12.6. The predicted octanol–water partition coefficient (Wildman–Crippen LogP) is 4.81. The van der Waals surface area contributed by atoms with Crippen molar-refractivity contribution in [3.05, 3.63) is 81.8 Å². The molecule has 0 aliphatic heterocycles. The van der Waals surface area contributed by atoms with Gasteiger partial charge in [0, 0.05) is 33.4 Å². The van der Waals surface area contributed by atoms with Gasteiger partial charge >= 0.3 is 0 Å². The maximum atomic E-state index is 12.1. The van der Waals surface area contributed by atoms with Gasteiger partial charge < -0.3 is 5.32 Å². The molecule has 0 spiro atoms. The van der Waals surface area contributed by atoms with Crippen LogP contribution < -0.4 is 10.6 Å². The van der Waals surface area contributed by atoms with Crippen LogP contribution in [0, 0.1) is 0 Å². The Morgan fingerprint density at radius 1 is 1.00 bits per heavy atom. The van der Waals surface area contributed by atoms with Crippen LogP contribution in [-0.2, 0) is 4.79 Å². The number of thiazole rings is 1. The molecular weight excluding hydrogens is 414 g/mol. The molecule has 0 saturated carbocycles. The van der Waals surface area contributed by atoms with Gasteiger partial charge in [-0.05, 0) is 48.0 Å². The molecule has 0 aliphatic carbocycles. The van der Waals surface area contributed by atoms with E-state index in [1.54, 1.807) is 41.9 Å². The number of hydrogen-bond donors (Lipinski definition) is 2. The molecule has 0 fully saturated rings. The number of carbonyl (C=O) groups excluding carboxylic acids is 2. The van der Waals surface area contributed by atoms with Gasteiger partial charge in [0.25, 0.3) is 5.91 Å². The summed E-state index contributed by atoms with van der Waals surface area (Å²) in [7, 11) is 0. The largest absolute Gasteiger partial charge is 0.323 e. The van der Waals surface area contributed by atoms with Crippen LogP contribution in [0.5, 0.6) is 0 Å². The molecule has 130 valence electrons. The van der Waals surface area contributed by atoms with E-state index in [0.29, 0.717) is 16.4 Å². The summed E-state index contributed by atoms with van der Waals surface area (Å²) in [4.78, 5) is 28.1. The highest BCUT2D eigenvalue weighted by Crippen LogP contribution is 2.15. The monoisotopic (exact) mass is 427 g/mol. The van der Waals surface area contributed by atoms with E-state index >= 15 is 0 Å². The molecule has 1 heterocycles. The minimum Gasteiger partial charge on any atom is -0.323 e. The molecule has 2 N–H and O–H groups in total. The number of nitrogens with one attached hydrogen (secondary N) is 2. The van der Waals surface area contributed by atoms with Gasteiger partial charge in [0.1, 0.15) is 0 Å². The van der Waals surface area contributed by atoms with E-state index in [9.17, 15) is 9.59 Å². The first kappa shape index (κ1) is 18.0. The molecular formula is C19H14BrN3O2S. The van der Waals surface area contributed by atoms with Crippen molar-refractivity contribution in [2.45, 2.75) is 0 Å². The lowest BCUT2D eigenvalue weighted by molar-refractivity contribution is -0.111. The summed E-state index contributed by atoms with van der Waals surface area (Å²) >= 11 is 4.72. The number of anilines is 2. The second-order valence-corrected chi connectivity index (χ2v) is 7.05. The average Bonchev–Trinajstić information content (AvgIpc) is 3.15. The number of amides is 2. The van der Waals surface area contributed by atoms with Crippen LogP contribution in [0.25, 0.3) is 6.08 Å². The first-order valence-corrected chi connectivity index (χ1v) is 9.33. The fraction of sp³-hybridized carbons (Fsp3) is 0. The maximum Gasteiger partial charge on any atom is 0.257 e. The molecule has 1 aromatic heterocycles. The highest BCUT2D eigenvalue weighted by Gasteiger charge is 2.07. The summed E-state index contributed by atoms with van der Waals surface area (Å²) in [5, 5.41) is 7.80. The third-order valence-corrected chi connectivity index (χ3v) is 4.58. The lowest BCUT2D eigenvalue weighted by Crippen LogP contribution is -2.12. The van der Waals surface area contributed by atoms with Crippen molar-refractivity contribution in [2.24, 2.45) is 0 Å². The molecule has 0 radical (unpaired) electrons. The second-order valence-electron chi connectivity index (χ2n) is 5.24. The van der Waals surface area contributed by atoms with E-state index in [-0.39, 0.29) is 11.8 Å². The van der Waals surface area contributed by atoms with Gasteiger partial charge in [-0.2, -0.15) is 0 Å². The molecule has 2 amide bonds. The van der Waals surface area contributed by atoms with Crippen LogP contribution in [-0.4, -0.2) is 16.8 Å². The van der Waals surface area contributed by atoms with Crippen LogP contribution in [0.2, 0.25) is 0 Å². The minimum atomic E-state index is -0.243. The van der Waals surface area contributed by atoms with Gasteiger partial charge in [-0.3, -0.25) is 14.9 Å². The van der Waals surface area contributed by atoms with Gasteiger partial charge in [-0.25, -0.2) is 4.98 Å². The molecule has 0 unspecified atom stereocenters. The Morgan fingerprint density at radius 3 is 2.38 bits per heavy atom. The van der Waals surface area contributed by atoms with Crippen molar-refractivity contribution in [1.29, 1.82) is 0 Å². The number of carbonyl (C=O) groups is 2. The Hall–Kier alpha value is -2.77. The summed E-state index contributed by atoms with van der Waals surface area (Å²) in [6, 6.07) is 14.3. The number of rotatable bonds is 5. The molecule has 7 heteroatoms. The summed E-state index contributed by atoms with van der Waals surface area (Å²) in [5.74, 6) is -0.485. The van der Waals surface area contributed by atoms with E-state index < -0.39 is 0 Å². The van der Waals surface area contributed by atoms with Gasteiger partial charge in [0.2, 0.25) is 5.91 Å². The molecule has 2 aromatic carbocycles. The third kappa shape index (κ3) is 5.11. The lowest BCUT2D eigenvalue weighted by atomic mass is 10.2. The van der Waals surface area contributed by atoms with Crippen LogP contribution >= 0.6 is 27.3 Å². The van der Waals surface area contributed by atoms with E-state index in [0.717, 1.165) is 10.0 Å². The highest BCUT2D eigenvalue weighted by atomic mass is 79.9. The van der Waals surface area contributed by atoms with Gasteiger partial charge in [0.05, 0.1) is 0 Å². The van der Waals surface area contributed by atoms with E-state index in [1.165, 1.54) is 17.4 Å². The predicted molar refractivity (Wildman–Crippen MR) is 108 cm³/mol. The van der Waals surface area contributed by atoms with Crippen molar-refractivity contribution in [3.63, 3.8) is 0 Å². The first-order valence-electron chi connectivity index (χ1n) is 7.66. The van der Waals surface area contributed by atoms with Crippen molar-refractivity contribution in [1.82, 2.24) is 4.98 Å². The highest BCUT2D eigenvalue weighted by molar-refractivity contribution is 9.10. The normalized spacial score (nSPS) is 10.7. The number of halogens is 1. The Labute approximate surface area is 162 Å². The minimum absolute atomic E-state index is 0.243. The summed E-state index contributed by atoms with van der Waals surface area (Å²) in [6.45, 7) is 0. The number of nitrogens with zero attached hydrogens (tertiary/aromatic N) is 1. The van der Waals surface area contributed by atoms with Gasteiger partial charge in [-0.15, -0.1) is 11.3 Å². The van der Waals surface area contributed by atoms with Crippen LogP contribution in [0.4, 0.5) is 10.8 Å². The topological polar surface area (TPSA) is 71.1 Å². The van der Waals surface area contributed by atoms with Crippen molar-refractivity contribution in [3.8, 4) is 0 Å². The zero-order valence-corrected chi connectivity index (χ0v) is 15.9. The maximum absolute atomic E-state index is 12.1. The summed E-state index contributed by atoms with van der Waals surface area (Å²) in [5.41, 5.74) is 2.03. The zero-order valence-electron chi connectivity index (χ0n) is 13.5. The SMILES string of the molecule is O=C(/C=C/c1ccc(Br)cc1)Nc1ccc(C(=O)Nc2nccs2)cc1. The Kier molecular flexibility index (Phi) is 5.93. The molecule has 3 aromatic rings. The lowest BCUT2D eigenvalue weighted by Gasteiger charge is -2.05. The van der Waals surface area contributed by atoms with E-state index in [2.05, 4.69) is 31.5 Å². The standard InChI is InChI=1S/C19H14BrN3O2S/c20-15-6-1-13(2-7-15)3-10-17(24)22-16-8-4-14(5-9-16)18(25)23-19-21-11-12-26-19/h1-12H,(H,22,24)(H,21,23,25)/b10-3+. The smallest absolute Gasteiger partial charge is 0.257 e. The van der Waals surface area contributed by atoms with Crippen molar-refractivity contribution >= 4 is 56.0 Å². The van der Waals surface area contributed by atoms with Gasteiger partial charge in [0.15, 0.2) is 5.13 Å². The fourth-order valence-corrected chi connectivity index (χ4v) is 2.88. The van der Waals surface area contributed by atoms with Gasteiger partial charge in [-0.1, -0.05) is 28.1 Å². The van der Waals surface area contributed by atoms with Crippen LogP contribution in [0.1, 0.15) is 15.9 Å². The number of benzene rings is 2. The van der Waals surface area contributed by atoms with Crippen molar-refractivity contribution in [2.75, 3.05) is 10.6 Å². The summed E-state index contributed by atoms with van der Waals surface area (Å²) in [6.07, 6.45) is 4.82. The molecule has 0 atom stereocenters. The Balaban J connectivity index is 1.57. The second kappa shape index (κ2) is 8.55. The number of hydrogen-bond acceptors (Lipinski definition) is 4. The van der Waals surface area contributed by atoms with E-state index in [1.807, 2.05) is 24.3 Å². The molecule has 0 bridgehead atoms. The summed E-state index contributed by atoms with van der Waals surface area (Å²) < 4.78 is 0.984.